The lowest BCUT2D eigenvalue weighted by Gasteiger charge is -2.29. The minimum absolute atomic E-state index is 0.163. The summed E-state index contributed by atoms with van der Waals surface area (Å²) >= 11 is 0. The summed E-state index contributed by atoms with van der Waals surface area (Å²) in [6.07, 6.45) is 13.3. The van der Waals surface area contributed by atoms with Gasteiger partial charge in [0, 0.05) is 22.3 Å². The van der Waals surface area contributed by atoms with Crippen molar-refractivity contribution < 1.29 is 9.47 Å². The van der Waals surface area contributed by atoms with Crippen molar-refractivity contribution >= 4 is 56.5 Å². The quantitative estimate of drug-likeness (QED) is 0.177. The average molecular weight is 1230 g/mol. The molecule has 6 aliphatic heterocycles. The van der Waals surface area contributed by atoms with Crippen LogP contribution in [0.4, 0.5) is 11.4 Å². The molecule has 5 aromatic rings. The van der Waals surface area contributed by atoms with Gasteiger partial charge in [-0.25, -0.2) is 20.0 Å². The van der Waals surface area contributed by atoms with Gasteiger partial charge in [-0.05, 0) is 159 Å². The normalized spacial score (nSPS) is 17.1. The molecule has 6 aliphatic rings. The van der Waals surface area contributed by atoms with Gasteiger partial charge in [0.1, 0.15) is 22.9 Å². The summed E-state index contributed by atoms with van der Waals surface area (Å²) in [4.78, 5) is 24.1. The Balaban J connectivity index is 1.38. The lowest BCUT2D eigenvalue weighted by molar-refractivity contribution is 0.406. The Bertz CT molecular complexity index is 4240. The molecule has 8 heteroatoms. The second-order valence-corrected chi connectivity index (χ2v) is 34.4. The van der Waals surface area contributed by atoms with Crippen LogP contribution in [0.25, 0.3) is 22.3 Å². The summed E-state index contributed by atoms with van der Waals surface area (Å²) in [5.41, 5.74) is 25.5. The van der Waals surface area contributed by atoms with Crippen LogP contribution in [0.5, 0.6) is 11.5 Å². The predicted octanol–water partition coefficient (Wildman–Crippen LogP) is 21.3. The Morgan fingerprint density at radius 2 is 0.533 bits per heavy atom. The van der Waals surface area contributed by atoms with Crippen LogP contribution in [-0.4, -0.2) is 37.1 Å². The molecular formula is C84H100N6O2. The van der Waals surface area contributed by atoms with Gasteiger partial charge in [-0.15, -0.1) is 0 Å². The summed E-state index contributed by atoms with van der Waals surface area (Å²) in [6.45, 7) is 55.3. The number of benzene rings is 5. The van der Waals surface area contributed by atoms with Crippen LogP contribution in [0.1, 0.15) is 233 Å². The molecule has 8 bridgehead atoms. The first-order valence-corrected chi connectivity index (χ1v) is 33.1. The molecule has 5 aromatic carbocycles. The Morgan fingerprint density at radius 3 is 0.815 bits per heavy atom. The SMILES string of the molecule is COc1ccc(OC)c2c1NC1=C(N2)C2=C(c3cc(C(C)(C)C)cc(C(C)(C)C)c3)C3=NC(=C(c4cc(C(C)(C)C)cc(C(C)(C)C)c4)C4=NC(=C(c5cc(C(C)(C)C)cc(C(C)(C)C)c5)C5=NC(=C(c6cc(C(C)(C)C)cc(C(C)(C)C)c6)C1=N2)C=C5)C=C4)C=C3. The molecule has 92 heavy (non-hydrogen) atoms. The molecule has 0 radical (unpaired) electrons. The maximum atomic E-state index is 6.24. The zero-order valence-electron chi connectivity index (χ0n) is 60.2. The van der Waals surface area contributed by atoms with Gasteiger partial charge >= 0.3 is 0 Å². The van der Waals surface area contributed by atoms with Gasteiger partial charge in [-0.2, -0.15) is 0 Å². The smallest absolute Gasteiger partial charge is 0.144 e. The van der Waals surface area contributed by atoms with Crippen molar-refractivity contribution in [3.05, 3.63) is 222 Å². The van der Waals surface area contributed by atoms with E-state index in [2.05, 4.69) is 286 Å². The van der Waals surface area contributed by atoms with Crippen molar-refractivity contribution in [3.8, 4) is 11.5 Å². The topological polar surface area (TPSA) is 92.0 Å². The highest BCUT2D eigenvalue weighted by Crippen LogP contribution is 2.52. The molecule has 2 N–H and O–H groups in total. The van der Waals surface area contributed by atoms with Gasteiger partial charge in [0.05, 0.1) is 71.2 Å². The molecule has 0 spiro atoms. The molecular weight excluding hydrogens is 1120 g/mol. The zero-order valence-corrected chi connectivity index (χ0v) is 60.2. The van der Waals surface area contributed by atoms with E-state index in [-0.39, 0.29) is 43.3 Å². The molecule has 0 amide bonds. The van der Waals surface area contributed by atoms with E-state index in [0.717, 1.165) is 113 Å². The molecule has 0 atom stereocenters. The number of nitrogens with one attached hydrogen (secondary N) is 2. The van der Waals surface area contributed by atoms with Gasteiger partial charge in [0.25, 0.3) is 0 Å². The Kier molecular flexibility index (Phi) is 15.9. The van der Waals surface area contributed by atoms with E-state index in [1.54, 1.807) is 14.2 Å². The number of ether oxygens (including phenoxy) is 2. The molecule has 0 fully saturated rings. The number of hydrogen-bond acceptors (Lipinski definition) is 8. The van der Waals surface area contributed by atoms with E-state index >= 15 is 0 Å². The number of nitrogens with zero attached hydrogens (tertiary/aromatic N) is 4. The van der Waals surface area contributed by atoms with Crippen molar-refractivity contribution in [3.63, 3.8) is 0 Å². The highest BCUT2D eigenvalue weighted by molar-refractivity contribution is 6.41. The highest BCUT2D eigenvalue weighted by Gasteiger charge is 2.40. The zero-order chi connectivity index (χ0) is 67.1. The maximum absolute atomic E-state index is 6.24. The number of fused-ring (bicyclic) bond motifs is 7. The number of methoxy groups -OCH3 is 2. The number of hydrogen-bond donors (Lipinski definition) is 2. The minimum atomic E-state index is -0.208. The van der Waals surface area contributed by atoms with Crippen LogP contribution in [0.15, 0.2) is 176 Å². The maximum Gasteiger partial charge on any atom is 0.144 e. The van der Waals surface area contributed by atoms with Crippen LogP contribution in [0.3, 0.4) is 0 Å². The van der Waals surface area contributed by atoms with E-state index < -0.39 is 0 Å². The van der Waals surface area contributed by atoms with Crippen molar-refractivity contribution in [2.75, 3.05) is 24.9 Å². The highest BCUT2D eigenvalue weighted by atomic mass is 16.5. The van der Waals surface area contributed by atoms with Crippen LogP contribution in [0, 0.1) is 0 Å². The fourth-order valence-electron chi connectivity index (χ4n) is 12.6. The van der Waals surface area contributed by atoms with E-state index in [1.807, 2.05) is 12.1 Å². The second kappa shape index (κ2) is 22.3. The van der Waals surface area contributed by atoms with Gasteiger partial charge < -0.3 is 20.1 Å². The van der Waals surface area contributed by atoms with Gasteiger partial charge in [0.15, 0.2) is 0 Å². The first kappa shape index (κ1) is 65.4. The summed E-state index contributed by atoms with van der Waals surface area (Å²) in [5.74, 6) is 1.32. The van der Waals surface area contributed by atoms with E-state index in [9.17, 15) is 0 Å². The molecule has 478 valence electrons. The van der Waals surface area contributed by atoms with E-state index in [0.29, 0.717) is 11.5 Å². The fourth-order valence-corrected chi connectivity index (χ4v) is 12.6. The number of rotatable bonds is 6. The Morgan fingerprint density at radius 1 is 0.283 bits per heavy atom. The van der Waals surface area contributed by atoms with Crippen LogP contribution < -0.4 is 20.1 Å². The van der Waals surface area contributed by atoms with Crippen LogP contribution in [-0.2, 0) is 43.3 Å². The fraction of sp³-hybridized carbons (Fsp3) is 0.405. The average Bonchev–Trinajstić information content (AvgIpc) is 1.54. The molecule has 0 aliphatic carbocycles. The third kappa shape index (κ3) is 12.4. The third-order valence-electron chi connectivity index (χ3n) is 18.8. The van der Waals surface area contributed by atoms with Gasteiger partial charge in [-0.1, -0.05) is 239 Å². The first-order valence-electron chi connectivity index (χ1n) is 33.1. The van der Waals surface area contributed by atoms with Crippen LogP contribution >= 0.6 is 0 Å². The first-order chi connectivity index (χ1) is 42.5. The molecule has 6 heterocycles. The van der Waals surface area contributed by atoms with Crippen molar-refractivity contribution in [2.45, 2.75) is 209 Å². The number of allylic oxidation sites excluding steroid dienone is 10. The Hall–Kier alpha value is -8.10. The number of aliphatic imine (C=N–C) groups is 4. The van der Waals surface area contributed by atoms with E-state index in [4.69, 9.17) is 29.4 Å². The standard InChI is InChI=1S/C84H100N6O2/c1-77(2,3)51-35-47(36-52(43-51)78(4,5)6)67-59-27-28-60(85-59)68(48-37-53(79(7,8)9)44-54(38-48)80(10,11)12)62-30-32-64(87-62)70(50-41-57(83(19,20)21)46-58(42-50)84(22,23)24)74-76-75(88-71-65(91-25)33-34-66(92-26)72(71)89-76)73(90-74)69(63-31-29-61(67)86-63)49-39-55(81(13,14)15)45-56(40-49)82(16,17)18/h27-46,88-89H,1-26H3. The monoisotopic (exact) mass is 1220 g/mol. The minimum Gasteiger partial charge on any atom is -0.494 e. The number of anilines is 2. The summed E-state index contributed by atoms with van der Waals surface area (Å²) in [6, 6.07) is 32.5. The molecule has 0 saturated heterocycles. The van der Waals surface area contributed by atoms with E-state index in [1.165, 1.54) is 44.5 Å². The summed E-state index contributed by atoms with van der Waals surface area (Å²) in [7, 11) is 3.43. The van der Waals surface area contributed by atoms with Crippen molar-refractivity contribution in [1.82, 2.24) is 0 Å². The lowest BCUT2D eigenvalue weighted by Crippen LogP contribution is -2.22. The van der Waals surface area contributed by atoms with Gasteiger partial charge in [0.2, 0.25) is 0 Å². The largest absolute Gasteiger partial charge is 0.494 e. The molecule has 11 rings (SSSR count). The molecule has 0 aromatic heterocycles. The van der Waals surface area contributed by atoms with Crippen molar-refractivity contribution in [1.29, 1.82) is 0 Å². The van der Waals surface area contributed by atoms with Crippen LogP contribution in [0.2, 0.25) is 0 Å². The predicted molar refractivity (Wildman–Crippen MR) is 394 cm³/mol. The summed E-state index contributed by atoms with van der Waals surface area (Å²) < 4.78 is 12.5. The molecule has 0 saturated carbocycles. The molecule has 8 nitrogen and oxygen atoms in total. The summed E-state index contributed by atoms with van der Waals surface area (Å²) in [5, 5.41) is 8.06. The molecule has 0 unspecified atom stereocenters. The van der Waals surface area contributed by atoms with Gasteiger partial charge in [-0.3, -0.25) is 0 Å². The lowest BCUT2D eigenvalue weighted by atomic mass is 9.78. The Labute approximate surface area is 551 Å². The third-order valence-corrected chi connectivity index (χ3v) is 18.8. The van der Waals surface area contributed by atoms with Crippen molar-refractivity contribution in [2.24, 2.45) is 20.0 Å². The second-order valence-electron chi connectivity index (χ2n) is 34.4.